The van der Waals surface area contributed by atoms with Gasteiger partial charge in [-0.15, -0.1) is 0 Å². The van der Waals surface area contributed by atoms with E-state index in [0.29, 0.717) is 49.6 Å². The van der Waals surface area contributed by atoms with E-state index in [2.05, 4.69) is 35.0 Å². The van der Waals surface area contributed by atoms with Gasteiger partial charge in [0.25, 0.3) is 5.91 Å². The first-order valence-electron chi connectivity index (χ1n) is 18.4. The fourth-order valence-corrected chi connectivity index (χ4v) is 9.14. The van der Waals surface area contributed by atoms with Crippen LogP contribution in [0.5, 0.6) is 5.88 Å². The molecule has 1 saturated heterocycles. The molecule has 280 valence electrons. The lowest BCUT2D eigenvalue weighted by atomic mass is 9.91. The Hall–Kier alpha value is -5.38. The molecule has 0 spiro atoms. The first-order chi connectivity index (χ1) is 26.1. The van der Waals surface area contributed by atoms with E-state index >= 15 is 0 Å². The Morgan fingerprint density at radius 2 is 1.76 bits per heavy atom. The number of amides is 3. The van der Waals surface area contributed by atoms with Crippen molar-refractivity contribution in [2.45, 2.75) is 87.6 Å². The van der Waals surface area contributed by atoms with E-state index in [1.807, 2.05) is 36.4 Å². The monoisotopic (exact) mass is 752 g/mol. The van der Waals surface area contributed by atoms with Gasteiger partial charge in [-0.1, -0.05) is 43.2 Å². The molecule has 4 aromatic rings. The predicted octanol–water partition coefficient (Wildman–Crippen LogP) is 3.21. The van der Waals surface area contributed by atoms with Crippen molar-refractivity contribution < 1.29 is 32.3 Å². The number of sulfonamides is 1. The van der Waals surface area contributed by atoms with Crippen LogP contribution in [0.1, 0.15) is 74.7 Å². The van der Waals surface area contributed by atoms with Crippen molar-refractivity contribution >= 4 is 55.3 Å². The van der Waals surface area contributed by atoms with E-state index in [1.165, 1.54) is 29.8 Å². The molecule has 0 bridgehead atoms. The zero-order valence-corrected chi connectivity index (χ0v) is 30.3. The van der Waals surface area contributed by atoms with Gasteiger partial charge in [-0.3, -0.25) is 23.9 Å². The Balaban J connectivity index is 1.12. The maximum absolute atomic E-state index is 14.6. The molecule has 16 heteroatoms. The molecule has 54 heavy (non-hydrogen) atoms. The van der Waals surface area contributed by atoms with Crippen molar-refractivity contribution in [1.29, 1.82) is 0 Å². The van der Waals surface area contributed by atoms with E-state index in [1.54, 1.807) is 6.20 Å². The summed E-state index contributed by atoms with van der Waals surface area (Å²) in [6.07, 6.45) is 13.3. The Morgan fingerprint density at radius 1 is 0.944 bits per heavy atom. The molecule has 4 aliphatic rings. The number of hydrogen-bond donors (Lipinski definition) is 2. The molecule has 1 aromatic carbocycles. The van der Waals surface area contributed by atoms with Crippen LogP contribution in [0.25, 0.3) is 21.8 Å². The number of ether oxygens (including phenoxy) is 1. The third-order valence-electron chi connectivity index (χ3n) is 11.0. The van der Waals surface area contributed by atoms with E-state index in [0.717, 1.165) is 23.6 Å². The number of allylic oxidation sites excluding steroid dienone is 2. The second-order valence-electron chi connectivity index (χ2n) is 14.7. The van der Waals surface area contributed by atoms with Gasteiger partial charge in [0.05, 0.1) is 23.3 Å². The van der Waals surface area contributed by atoms with Crippen molar-refractivity contribution in [3.05, 3.63) is 73.2 Å². The highest BCUT2D eigenvalue weighted by atomic mass is 32.2. The molecule has 3 amide bonds. The minimum Gasteiger partial charge on any atom is -0.472 e. The van der Waals surface area contributed by atoms with Crippen LogP contribution in [0.4, 0.5) is 0 Å². The average Bonchev–Trinajstić information content (AvgIpc) is 4.11. The van der Waals surface area contributed by atoms with Crippen LogP contribution in [0.2, 0.25) is 0 Å². The molecule has 0 unspecified atom stereocenters. The number of carbonyl (C=O) groups excluding carboxylic acids is 4. The Kier molecular flexibility index (Phi) is 9.54. The Bertz CT molecular complexity index is 2270. The van der Waals surface area contributed by atoms with Crippen molar-refractivity contribution in [3.63, 3.8) is 0 Å². The quantitative estimate of drug-likeness (QED) is 0.206. The summed E-state index contributed by atoms with van der Waals surface area (Å²) in [5, 5.41) is 4.52. The van der Waals surface area contributed by atoms with Crippen molar-refractivity contribution in [2.75, 3.05) is 6.54 Å². The highest BCUT2D eigenvalue weighted by molar-refractivity contribution is 7.90. The summed E-state index contributed by atoms with van der Waals surface area (Å²) >= 11 is 0. The molecule has 8 rings (SSSR count). The van der Waals surface area contributed by atoms with Crippen LogP contribution < -0.4 is 14.8 Å². The number of carbonyl (C=O) groups is 4. The SMILES string of the molecule is O=C(N[C@H]1CCCCC/C=C\[C@@H]2C[C@@]2(C(=O)NS(=O)(=O)C2CC2)CC(=O)[C@@H]2C[C@@H](Oc3nc4ncncc4c4ccccc34)CN2C1=O)c1ccncn1. The summed E-state index contributed by atoms with van der Waals surface area (Å²) in [5.74, 6) is -2.12. The highest BCUT2D eigenvalue weighted by Crippen LogP contribution is 2.57. The molecule has 2 saturated carbocycles. The van der Waals surface area contributed by atoms with E-state index in [-0.39, 0.29) is 42.7 Å². The molecule has 2 N–H and O–H groups in total. The molecule has 3 fully saturated rings. The summed E-state index contributed by atoms with van der Waals surface area (Å²) in [6, 6.07) is 6.99. The molecule has 0 radical (unpaired) electrons. The number of nitrogens with zero attached hydrogens (tertiary/aromatic N) is 6. The van der Waals surface area contributed by atoms with E-state index in [9.17, 15) is 27.6 Å². The van der Waals surface area contributed by atoms with Crippen LogP contribution in [-0.4, -0.2) is 91.7 Å². The molecule has 2 aliphatic carbocycles. The van der Waals surface area contributed by atoms with Gasteiger partial charge in [0.15, 0.2) is 11.4 Å². The fourth-order valence-electron chi connectivity index (χ4n) is 7.76. The normalized spacial score (nSPS) is 26.9. The zero-order chi connectivity index (χ0) is 37.5. The second kappa shape index (κ2) is 14.5. The van der Waals surface area contributed by atoms with Gasteiger partial charge in [-0.05, 0) is 62.0 Å². The highest BCUT2D eigenvalue weighted by Gasteiger charge is 2.61. The molecule has 5 heterocycles. The summed E-state index contributed by atoms with van der Waals surface area (Å²) < 4.78 is 34.6. The number of rotatable bonds is 7. The molecule has 5 atom stereocenters. The minimum atomic E-state index is -3.86. The van der Waals surface area contributed by atoms with Crippen molar-refractivity contribution in [3.8, 4) is 5.88 Å². The summed E-state index contributed by atoms with van der Waals surface area (Å²) in [5.41, 5.74) is -0.742. The van der Waals surface area contributed by atoms with Gasteiger partial charge in [0, 0.05) is 36.0 Å². The third-order valence-corrected chi connectivity index (χ3v) is 12.8. The average molecular weight is 753 g/mol. The zero-order valence-electron chi connectivity index (χ0n) is 29.5. The number of hydrogen-bond acceptors (Lipinski definition) is 12. The van der Waals surface area contributed by atoms with Gasteiger partial charge in [-0.2, -0.15) is 4.98 Å². The van der Waals surface area contributed by atoms with Crippen molar-refractivity contribution in [2.24, 2.45) is 11.3 Å². The van der Waals surface area contributed by atoms with E-state index < -0.39 is 56.6 Å². The number of aromatic nitrogens is 5. The van der Waals surface area contributed by atoms with Crippen LogP contribution in [0.3, 0.4) is 0 Å². The van der Waals surface area contributed by atoms with Crippen molar-refractivity contribution in [1.82, 2.24) is 39.9 Å². The smallest absolute Gasteiger partial charge is 0.270 e. The van der Waals surface area contributed by atoms with Crippen LogP contribution in [-0.2, 0) is 24.4 Å². The predicted molar refractivity (Wildman–Crippen MR) is 195 cm³/mol. The first-order valence-corrected chi connectivity index (χ1v) is 20.0. The van der Waals surface area contributed by atoms with Gasteiger partial charge in [-0.25, -0.2) is 28.4 Å². The standard InChI is InChI=1S/C38H40N8O7S/c47-32-18-38(37(50)45-54(51,52)25-12-13-25)17-23(38)8-4-2-1-3-5-11-30(43-34(48)29-14-15-39-21-41-29)36(49)46-20-24(16-31(32)46)53-35-27-10-7-6-9-26(27)28-19-40-22-42-33(28)44-35/h4,6-10,14-15,19,21-25,30-31H,1-3,5,11-13,16-18,20H2,(H,43,48)(H,45,50)/b8-4-/t23-,24-,30+,31+,38-/m1/s1. The lowest BCUT2D eigenvalue weighted by Crippen LogP contribution is -2.52. The maximum Gasteiger partial charge on any atom is 0.270 e. The summed E-state index contributed by atoms with van der Waals surface area (Å²) in [6.45, 7) is 0.00548. The van der Waals surface area contributed by atoms with Crippen LogP contribution >= 0.6 is 0 Å². The molecule has 2 aliphatic heterocycles. The van der Waals surface area contributed by atoms with Gasteiger partial charge >= 0.3 is 0 Å². The number of pyridine rings is 1. The second-order valence-corrected chi connectivity index (χ2v) is 16.6. The number of fused-ring (bicyclic) bond motifs is 5. The Labute approximate surface area is 311 Å². The number of ketones is 1. The summed E-state index contributed by atoms with van der Waals surface area (Å²) in [7, 11) is -3.86. The number of Topliss-reactive ketones (excluding diaryl/α,β-unsaturated/α-hetero) is 1. The summed E-state index contributed by atoms with van der Waals surface area (Å²) in [4.78, 5) is 78.8. The molecule has 15 nitrogen and oxygen atoms in total. The maximum atomic E-state index is 14.6. The molecular weight excluding hydrogens is 713 g/mol. The number of nitrogens with one attached hydrogen (secondary N) is 2. The van der Waals surface area contributed by atoms with Gasteiger partial charge in [0.1, 0.15) is 30.5 Å². The fraction of sp³-hybridized carbons (Fsp3) is 0.447. The topological polar surface area (TPSA) is 203 Å². The lowest BCUT2D eigenvalue weighted by Gasteiger charge is -2.29. The largest absolute Gasteiger partial charge is 0.472 e. The first kappa shape index (κ1) is 35.6. The van der Waals surface area contributed by atoms with Gasteiger partial charge < -0.3 is 15.0 Å². The Morgan fingerprint density at radius 3 is 2.56 bits per heavy atom. The third kappa shape index (κ3) is 7.13. The number of benzene rings is 1. The molecule has 3 aromatic heterocycles. The minimum absolute atomic E-state index is 0.00548. The van der Waals surface area contributed by atoms with Crippen LogP contribution in [0.15, 0.2) is 67.5 Å². The molecular formula is C38H40N8O7S. The van der Waals surface area contributed by atoms with E-state index in [4.69, 9.17) is 4.74 Å². The van der Waals surface area contributed by atoms with Gasteiger partial charge in [0.2, 0.25) is 27.7 Å². The lowest BCUT2D eigenvalue weighted by molar-refractivity contribution is -0.140. The van der Waals surface area contributed by atoms with Crippen LogP contribution in [0, 0.1) is 11.3 Å².